The molecule has 3 N–H and O–H groups in total. The van der Waals surface area contributed by atoms with Crippen LogP contribution < -0.4 is 20.9 Å². The first-order valence-corrected chi connectivity index (χ1v) is 12.0. The fourth-order valence-electron chi connectivity index (χ4n) is 4.10. The van der Waals surface area contributed by atoms with Crippen molar-refractivity contribution in [3.63, 3.8) is 0 Å². The van der Waals surface area contributed by atoms with Crippen molar-refractivity contribution in [3.8, 4) is 11.6 Å². The third-order valence-corrected chi connectivity index (χ3v) is 5.96. The molecule has 0 aliphatic carbocycles. The molecule has 0 saturated carbocycles. The molecule has 2 aromatic carbocycles. The molecule has 1 amide bonds. The van der Waals surface area contributed by atoms with E-state index in [2.05, 4.69) is 31.1 Å². The topological polar surface area (TPSA) is 117 Å². The van der Waals surface area contributed by atoms with E-state index < -0.39 is 17.8 Å². The van der Waals surface area contributed by atoms with Crippen LogP contribution in [-0.4, -0.2) is 53.9 Å². The zero-order chi connectivity index (χ0) is 27.4. The van der Waals surface area contributed by atoms with E-state index in [0.29, 0.717) is 11.9 Å². The minimum atomic E-state index is -4.58. The molecule has 1 atom stereocenters. The second-order valence-corrected chi connectivity index (χ2v) is 8.60. The van der Waals surface area contributed by atoms with Crippen LogP contribution in [0.5, 0.6) is 0 Å². The molecule has 0 fully saturated rings. The lowest BCUT2D eigenvalue weighted by molar-refractivity contribution is -0.137. The van der Waals surface area contributed by atoms with Crippen LogP contribution in [0, 0.1) is 0 Å². The van der Waals surface area contributed by atoms with E-state index in [-0.39, 0.29) is 48.9 Å². The van der Waals surface area contributed by atoms with Crippen molar-refractivity contribution in [1.82, 2.24) is 15.2 Å². The Balaban J connectivity index is 1.42. The number of rotatable bonds is 8. The second kappa shape index (κ2) is 11.0. The fraction of sp³-hybridized carbons (Fsp3) is 0.231. The highest BCUT2D eigenvalue weighted by atomic mass is 19.4. The van der Waals surface area contributed by atoms with Crippen molar-refractivity contribution < 1.29 is 27.1 Å². The van der Waals surface area contributed by atoms with Gasteiger partial charge in [0.2, 0.25) is 5.91 Å². The Morgan fingerprint density at radius 2 is 1.90 bits per heavy atom. The summed E-state index contributed by atoms with van der Waals surface area (Å²) >= 11 is 0. The summed E-state index contributed by atoms with van der Waals surface area (Å²) in [5.41, 5.74) is 1.48. The SMILES string of the molecule is COCCNc1cc(C(F)(F)F)cnc1-c1nnc(N[C@H]2CN(c3ccccc3)c3ccccc3NC2=O)o1. The lowest BCUT2D eigenvalue weighted by atomic mass is 10.2. The minimum absolute atomic E-state index is 0.0308. The molecule has 39 heavy (non-hydrogen) atoms. The summed E-state index contributed by atoms with van der Waals surface area (Å²) in [6.45, 7) is 0.709. The summed E-state index contributed by atoms with van der Waals surface area (Å²) in [6, 6.07) is 17.0. The molecule has 13 heteroatoms. The first kappa shape index (κ1) is 26.0. The van der Waals surface area contributed by atoms with E-state index in [1.54, 1.807) is 0 Å². The normalized spacial score (nSPS) is 15.3. The van der Waals surface area contributed by atoms with Crippen molar-refractivity contribution in [1.29, 1.82) is 0 Å². The van der Waals surface area contributed by atoms with Crippen molar-refractivity contribution in [3.05, 3.63) is 72.4 Å². The molecule has 0 saturated heterocycles. The van der Waals surface area contributed by atoms with Crippen molar-refractivity contribution in [2.24, 2.45) is 0 Å². The Morgan fingerprint density at radius 3 is 2.67 bits per heavy atom. The van der Waals surface area contributed by atoms with Gasteiger partial charge in [0.15, 0.2) is 5.69 Å². The standard InChI is InChI=1S/C26H24F3N7O3/c1-38-12-11-30-19-13-16(26(27,28)29)14-31-22(19)24-34-35-25(39-24)33-20-15-36(17-7-3-2-4-8-17)21-10-6-5-9-18(21)32-23(20)37/h2-10,13-14,20,30H,11-12,15H2,1H3,(H,32,37)(H,33,35)/t20-/m0/s1. The number of ether oxygens (including phenoxy) is 1. The molecule has 2 aromatic heterocycles. The van der Waals surface area contributed by atoms with Gasteiger partial charge in [0.05, 0.1) is 35.8 Å². The number of alkyl halides is 3. The molecule has 3 heterocycles. The number of hydrogen-bond donors (Lipinski definition) is 3. The van der Waals surface area contributed by atoms with Gasteiger partial charge in [-0.3, -0.25) is 4.79 Å². The summed E-state index contributed by atoms with van der Waals surface area (Å²) in [5, 5.41) is 16.7. The number of pyridine rings is 1. The number of aromatic nitrogens is 3. The zero-order valence-corrected chi connectivity index (χ0v) is 20.7. The quantitative estimate of drug-likeness (QED) is 0.272. The molecule has 1 aliphatic rings. The zero-order valence-electron chi connectivity index (χ0n) is 20.7. The maximum Gasteiger partial charge on any atom is 0.417 e. The fourth-order valence-corrected chi connectivity index (χ4v) is 4.10. The monoisotopic (exact) mass is 539 g/mol. The number of carbonyl (C=O) groups is 1. The van der Waals surface area contributed by atoms with E-state index in [1.165, 1.54) is 7.11 Å². The van der Waals surface area contributed by atoms with Crippen LogP contribution in [0.2, 0.25) is 0 Å². The van der Waals surface area contributed by atoms with Gasteiger partial charge in [0.25, 0.3) is 5.89 Å². The Bertz CT molecular complexity index is 1450. The van der Waals surface area contributed by atoms with Gasteiger partial charge in [0.1, 0.15) is 6.04 Å². The number of anilines is 5. The number of nitrogens with one attached hydrogen (secondary N) is 3. The van der Waals surface area contributed by atoms with Gasteiger partial charge < -0.3 is 30.0 Å². The molecule has 5 rings (SSSR count). The minimum Gasteiger partial charge on any atom is -0.402 e. The summed E-state index contributed by atoms with van der Waals surface area (Å²) in [7, 11) is 1.48. The number of methoxy groups -OCH3 is 1. The van der Waals surface area contributed by atoms with Crippen molar-refractivity contribution >= 4 is 34.7 Å². The Hall–Kier alpha value is -4.65. The van der Waals surface area contributed by atoms with Gasteiger partial charge in [0, 0.05) is 25.5 Å². The number of benzene rings is 2. The van der Waals surface area contributed by atoms with Crippen LogP contribution in [0.4, 0.5) is 41.9 Å². The smallest absolute Gasteiger partial charge is 0.402 e. The summed E-state index contributed by atoms with van der Waals surface area (Å²) in [5.74, 6) is -0.446. The lowest BCUT2D eigenvalue weighted by Crippen LogP contribution is -2.40. The van der Waals surface area contributed by atoms with E-state index in [1.807, 2.05) is 59.5 Å². The third kappa shape index (κ3) is 5.77. The van der Waals surface area contributed by atoms with Gasteiger partial charge in [-0.1, -0.05) is 35.4 Å². The lowest BCUT2D eigenvalue weighted by Gasteiger charge is -2.26. The average Bonchev–Trinajstić information content (AvgIpc) is 3.34. The highest BCUT2D eigenvalue weighted by molar-refractivity contribution is 6.02. The first-order chi connectivity index (χ1) is 18.8. The largest absolute Gasteiger partial charge is 0.417 e. The van der Waals surface area contributed by atoms with Crippen molar-refractivity contribution in [2.45, 2.75) is 12.2 Å². The number of fused-ring (bicyclic) bond motifs is 1. The van der Waals surface area contributed by atoms with E-state index in [4.69, 9.17) is 9.15 Å². The average molecular weight is 540 g/mol. The Kier molecular flexibility index (Phi) is 7.32. The second-order valence-electron chi connectivity index (χ2n) is 8.60. The van der Waals surface area contributed by atoms with Crippen LogP contribution >= 0.6 is 0 Å². The molecule has 0 radical (unpaired) electrons. The summed E-state index contributed by atoms with van der Waals surface area (Å²) in [6.07, 6.45) is -3.89. The number of halogens is 3. The molecule has 1 aliphatic heterocycles. The summed E-state index contributed by atoms with van der Waals surface area (Å²) in [4.78, 5) is 19.0. The van der Waals surface area contributed by atoms with Crippen LogP contribution in [0.15, 0.2) is 71.3 Å². The maximum absolute atomic E-state index is 13.3. The molecule has 202 valence electrons. The highest BCUT2D eigenvalue weighted by Crippen LogP contribution is 2.36. The predicted octanol–water partition coefficient (Wildman–Crippen LogP) is 4.78. The predicted molar refractivity (Wildman–Crippen MR) is 139 cm³/mol. The van der Waals surface area contributed by atoms with E-state index in [9.17, 15) is 18.0 Å². The molecule has 4 aromatic rings. The van der Waals surface area contributed by atoms with Gasteiger partial charge in [-0.2, -0.15) is 13.2 Å². The first-order valence-electron chi connectivity index (χ1n) is 12.0. The van der Waals surface area contributed by atoms with E-state index >= 15 is 0 Å². The van der Waals surface area contributed by atoms with Crippen molar-refractivity contribution in [2.75, 3.05) is 47.7 Å². The Labute approximate surface area is 221 Å². The molecule has 0 unspecified atom stereocenters. The molecule has 0 spiro atoms. The molecular weight excluding hydrogens is 515 g/mol. The Morgan fingerprint density at radius 1 is 1.13 bits per heavy atom. The van der Waals surface area contributed by atoms with Gasteiger partial charge in [-0.15, -0.1) is 5.10 Å². The van der Waals surface area contributed by atoms with Gasteiger partial charge >= 0.3 is 12.2 Å². The number of nitrogens with zero attached hydrogens (tertiary/aromatic N) is 4. The number of para-hydroxylation sites is 3. The third-order valence-electron chi connectivity index (χ3n) is 5.96. The highest BCUT2D eigenvalue weighted by Gasteiger charge is 2.33. The van der Waals surface area contributed by atoms with Crippen LogP contribution in [0.25, 0.3) is 11.6 Å². The van der Waals surface area contributed by atoms with Gasteiger partial charge in [-0.25, -0.2) is 4.98 Å². The molecule has 0 bridgehead atoms. The van der Waals surface area contributed by atoms with Gasteiger partial charge in [-0.05, 0) is 30.3 Å². The van der Waals surface area contributed by atoms with Crippen LogP contribution in [0.3, 0.4) is 0 Å². The number of hydrogen-bond acceptors (Lipinski definition) is 9. The maximum atomic E-state index is 13.3. The summed E-state index contributed by atoms with van der Waals surface area (Å²) < 4.78 is 50.5. The number of amides is 1. The molecule has 10 nitrogen and oxygen atoms in total. The van der Waals surface area contributed by atoms with E-state index in [0.717, 1.165) is 17.4 Å². The molecular formula is C26H24F3N7O3. The van der Waals surface area contributed by atoms with Crippen LogP contribution in [-0.2, 0) is 15.7 Å². The van der Waals surface area contributed by atoms with Crippen LogP contribution in [0.1, 0.15) is 5.56 Å². The number of carbonyl (C=O) groups excluding carboxylic acids is 1.